The molecule has 0 fully saturated rings. The Labute approximate surface area is 193 Å². The molecule has 8 nitrogen and oxygen atoms in total. The Morgan fingerprint density at radius 3 is 2.62 bits per heavy atom. The molecule has 4 N–H and O–H groups in total. The number of hydrogen-bond acceptors (Lipinski definition) is 6. The summed E-state index contributed by atoms with van der Waals surface area (Å²) in [6, 6.07) is 8.64. The zero-order valence-electron chi connectivity index (χ0n) is 16.8. The number of carbonyl (C=O) groups excluding carboxylic acids is 1. The summed E-state index contributed by atoms with van der Waals surface area (Å²) >= 11 is 12.1. The van der Waals surface area contributed by atoms with E-state index in [-0.39, 0.29) is 23.1 Å². The molecule has 162 valence electrons. The molecular weight excluding hydrogens is 451 g/mol. The van der Waals surface area contributed by atoms with E-state index in [9.17, 15) is 9.90 Å². The fourth-order valence-corrected chi connectivity index (χ4v) is 4.29. The van der Waals surface area contributed by atoms with Crippen LogP contribution in [0, 0.1) is 0 Å². The summed E-state index contributed by atoms with van der Waals surface area (Å²) in [5, 5.41) is 20.3. The molecular formula is C22H18Cl2N6O2. The van der Waals surface area contributed by atoms with Crippen molar-refractivity contribution in [3.8, 4) is 11.7 Å². The molecule has 0 saturated carbocycles. The molecule has 0 radical (unpaired) electrons. The number of nitrogens with zero attached hydrogens (tertiary/aromatic N) is 4. The molecule has 10 heteroatoms. The average Bonchev–Trinajstić information content (AvgIpc) is 3.10. The van der Waals surface area contributed by atoms with E-state index >= 15 is 0 Å². The topological polar surface area (TPSA) is 119 Å². The van der Waals surface area contributed by atoms with Crippen LogP contribution >= 0.6 is 23.2 Å². The van der Waals surface area contributed by atoms with Gasteiger partial charge in [0.2, 0.25) is 5.88 Å². The molecule has 0 saturated heterocycles. The fraction of sp³-hybridized carbons (Fsp3) is 0.182. The lowest BCUT2D eigenvalue weighted by Crippen LogP contribution is -2.15. The number of nitrogens with one attached hydrogen (secondary N) is 1. The smallest absolute Gasteiger partial charge is 0.271 e. The van der Waals surface area contributed by atoms with E-state index in [0.717, 1.165) is 58.2 Å². The first kappa shape index (κ1) is 20.5. The van der Waals surface area contributed by atoms with Gasteiger partial charge in [0.05, 0.1) is 16.2 Å². The molecule has 0 bridgehead atoms. The molecule has 3 heterocycles. The minimum absolute atomic E-state index is 0.101. The van der Waals surface area contributed by atoms with Gasteiger partial charge < -0.3 is 16.2 Å². The average molecular weight is 469 g/mol. The zero-order valence-corrected chi connectivity index (χ0v) is 18.3. The predicted molar refractivity (Wildman–Crippen MR) is 123 cm³/mol. The van der Waals surface area contributed by atoms with Crippen molar-refractivity contribution in [2.24, 2.45) is 5.73 Å². The molecule has 0 atom stereocenters. The van der Waals surface area contributed by atoms with E-state index in [1.165, 1.54) is 6.20 Å². The molecule has 1 aliphatic rings. The van der Waals surface area contributed by atoms with Crippen molar-refractivity contribution in [3.05, 3.63) is 63.5 Å². The summed E-state index contributed by atoms with van der Waals surface area (Å²) in [6.07, 6.45) is 5.15. The highest BCUT2D eigenvalue weighted by molar-refractivity contribution is 6.31. The molecule has 1 aliphatic carbocycles. The molecule has 4 aromatic rings. The van der Waals surface area contributed by atoms with Gasteiger partial charge in [-0.15, -0.1) is 0 Å². The number of aryl methyl sites for hydroxylation is 1. The maximum absolute atomic E-state index is 12.2. The number of nitrogens with two attached hydrogens (primary N) is 1. The summed E-state index contributed by atoms with van der Waals surface area (Å²) in [7, 11) is 0. The summed E-state index contributed by atoms with van der Waals surface area (Å²) in [4.78, 5) is 21.1. The van der Waals surface area contributed by atoms with Gasteiger partial charge in [0.25, 0.3) is 5.91 Å². The molecule has 0 spiro atoms. The van der Waals surface area contributed by atoms with Crippen molar-refractivity contribution in [1.29, 1.82) is 0 Å². The Morgan fingerprint density at radius 1 is 1.09 bits per heavy atom. The summed E-state index contributed by atoms with van der Waals surface area (Å²) < 4.78 is 1.14. The first-order valence-electron chi connectivity index (χ1n) is 10.0. The standard InChI is InChI=1S/C22H18Cl2N6O2/c23-11-5-7-14-16(9-11)27-15-4-2-1-3-13(15)18(14)28-20-19(21(25)31)29-30(22(20)32)17-8-6-12(24)10-26-17/h5-10,32H,1-4H2,(H2,25,31)(H,27,28). The Hall–Kier alpha value is -3.36. The third-order valence-corrected chi connectivity index (χ3v) is 5.96. The van der Waals surface area contributed by atoms with Gasteiger partial charge in [-0.05, 0) is 61.6 Å². The second kappa shape index (κ2) is 7.96. The molecule has 5 rings (SSSR count). The van der Waals surface area contributed by atoms with Crippen molar-refractivity contribution in [2.75, 3.05) is 5.32 Å². The molecule has 1 amide bonds. The van der Waals surface area contributed by atoms with Crippen molar-refractivity contribution < 1.29 is 9.90 Å². The van der Waals surface area contributed by atoms with Crippen LogP contribution in [0.2, 0.25) is 10.0 Å². The number of carbonyl (C=O) groups is 1. The number of pyridine rings is 2. The third-order valence-electron chi connectivity index (χ3n) is 5.50. The van der Waals surface area contributed by atoms with E-state index < -0.39 is 5.91 Å². The van der Waals surface area contributed by atoms with E-state index in [4.69, 9.17) is 33.9 Å². The number of rotatable bonds is 4. The van der Waals surface area contributed by atoms with Crippen molar-refractivity contribution in [1.82, 2.24) is 19.7 Å². The number of fused-ring (bicyclic) bond motifs is 2. The number of aromatic hydroxyl groups is 1. The van der Waals surface area contributed by atoms with Crippen LogP contribution in [-0.4, -0.2) is 30.8 Å². The second-order valence-corrected chi connectivity index (χ2v) is 8.44. The van der Waals surface area contributed by atoms with Gasteiger partial charge in [0.15, 0.2) is 11.5 Å². The van der Waals surface area contributed by atoms with Gasteiger partial charge in [-0.25, -0.2) is 4.98 Å². The Bertz CT molecular complexity index is 1370. The number of hydrogen-bond donors (Lipinski definition) is 3. The lowest BCUT2D eigenvalue weighted by molar-refractivity contribution is 0.0996. The predicted octanol–water partition coefficient (Wildman–Crippen LogP) is 4.55. The summed E-state index contributed by atoms with van der Waals surface area (Å²) in [6.45, 7) is 0. The van der Waals surface area contributed by atoms with E-state index in [1.807, 2.05) is 6.07 Å². The Balaban J connectivity index is 1.70. The summed E-state index contributed by atoms with van der Waals surface area (Å²) in [5.41, 5.74) is 9.07. The fourth-order valence-electron chi connectivity index (χ4n) is 4.02. The lowest BCUT2D eigenvalue weighted by Gasteiger charge is -2.21. The lowest BCUT2D eigenvalue weighted by atomic mass is 9.92. The molecule has 0 unspecified atom stereocenters. The van der Waals surface area contributed by atoms with Crippen LogP contribution in [0.3, 0.4) is 0 Å². The van der Waals surface area contributed by atoms with Crippen LogP contribution in [0.15, 0.2) is 36.5 Å². The van der Waals surface area contributed by atoms with Crippen LogP contribution in [0.5, 0.6) is 5.88 Å². The van der Waals surface area contributed by atoms with Gasteiger partial charge in [0, 0.05) is 22.3 Å². The van der Waals surface area contributed by atoms with Crippen molar-refractivity contribution in [2.45, 2.75) is 25.7 Å². The largest absolute Gasteiger partial charge is 0.492 e. The number of primary amides is 1. The highest BCUT2D eigenvalue weighted by atomic mass is 35.5. The summed E-state index contributed by atoms with van der Waals surface area (Å²) in [5.74, 6) is -0.793. The van der Waals surface area contributed by atoms with Crippen LogP contribution < -0.4 is 11.1 Å². The maximum Gasteiger partial charge on any atom is 0.271 e. The van der Waals surface area contributed by atoms with Crippen LogP contribution in [0.4, 0.5) is 11.4 Å². The quantitative estimate of drug-likeness (QED) is 0.404. The molecule has 3 aromatic heterocycles. The number of anilines is 2. The number of benzene rings is 1. The minimum Gasteiger partial charge on any atom is -0.492 e. The monoisotopic (exact) mass is 468 g/mol. The SMILES string of the molecule is NC(=O)c1nn(-c2ccc(Cl)cn2)c(O)c1Nc1c2c(nc3cc(Cl)ccc13)CCCC2. The molecule has 1 aromatic carbocycles. The van der Waals surface area contributed by atoms with E-state index in [2.05, 4.69) is 15.4 Å². The first-order chi connectivity index (χ1) is 15.4. The Kier molecular flexibility index (Phi) is 5.11. The van der Waals surface area contributed by atoms with Gasteiger partial charge in [-0.1, -0.05) is 23.2 Å². The first-order valence-corrected chi connectivity index (χ1v) is 10.8. The van der Waals surface area contributed by atoms with E-state index in [1.54, 1.807) is 24.3 Å². The number of halogens is 2. The molecule has 32 heavy (non-hydrogen) atoms. The van der Waals surface area contributed by atoms with Gasteiger partial charge in [-0.3, -0.25) is 9.78 Å². The van der Waals surface area contributed by atoms with Gasteiger partial charge in [-0.2, -0.15) is 9.78 Å². The highest BCUT2D eigenvalue weighted by Crippen LogP contribution is 2.39. The maximum atomic E-state index is 12.2. The van der Waals surface area contributed by atoms with Crippen molar-refractivity contribution in [3.63, 3.8) is 0 Å². The zero-order chi connectivity index (χ0) is 22.4. The van der Waals surface area contributed by atoms with Gasteiger partial charge in [0.1, 0.15) is 5.69 Å². The minimum atomic E-state index is -0.786. The second-order valence-electron chi connectivity index (χ2n) is 7.56. The highest BCUT2D eigenvalue weighted by Gasteiger charge is 2.26. The number of aromatic nitrogens is 4. The third kappa shape index (κ3) is 3.51. The Morgan fingerprint density at radius 2 is 1.88 bits per heavy atom. The van der Waals surface area contributed by atoms with Gasteiger partial charge >= 0.3 is 0 Å². The number of amides is 1. The van der Waals surface area contributed by atoms with E-state index in [0.29, 0.717) is 10.0 Å². The van der Waals surface area contributed by atoms with Crippen LogP contribution in [0.25, 0.3) is 16.7 Å². The molecule has 0 aliphatic heterocycles. The normalized spacial score (nSPS) is 13.2. The van der Waals surface area contributed by atoms with Crippen LogP contribution in [-0.2, 0) is 12.8 Å². The van der Waals surface area contributed by atoms with Crippen LogP contribution in [0.1, 0.15) is 34.6 Å². The van der Waals surface area contributed by atoms with Crippen molar-refractivity contribution >= 4 is 51.4 Å².